The molecule has 1 aromatic carbocycles. The molecule has 8 heteroatoms. The fraction of sp³-hybridized carbons (Fsp3) is 0.704. The summed E-state index contributed by atoms with van der Waals surface area (Å²) in [5.41, 5.74) is 1.41. The van der Waals surface area contributed by atoms with Gasteiger partial charge in [-0.25, -0.2) is 0 Å². The van der Waals surface area contributed by atoms with Crippen LogP contribution in [0.3, 0.4) is 0 Å². The fourth-order valence-electron chi connectivity index (χ4n) is 5.55. The Morgan fingerprint density at radius 3 is 2.54 bits per heavy atom. The summed E-state index contributed by atoms with van der Waals surface area (Å²) in [6.45, 7) is 2.20. The summed E-state index contributed by atoms with van der Waals surface area (Å²) in [6.07, 6.45) is 9.30. The second-order valence-electron chi connectivity index (χ2n) is 10.0. The zero-order valence-corrected chi connectivity index (χ0v) is 21.2. The van der Waals surface area contributed by atoms with E-state index >= 15 is 0 Å². The summed E-state index contributed by atoms with van der Waals surface area (Å²) >= 11 is 0. The Morgan fingerprint density at radius 2 is 1.83 bits per heavy atom. The minimum absolute atomic E-state index is 0.0801. The quantitative estimate of drug-likeness (QED) is 0.345. The Hall–Kier alpha value is -2.48. The van der Waals surface area contributed by atoms with Crippen LogP contribution in [0.5, 0.6) is 11.5 Å². The van der Waals surface area contributed by atoms with Crippen molar-refractivity contribution in [3.05, 3.63) is 29.0 Å². The van der Waals surface area contributed by atoms with Crippen molar-refractivity contribution >= 4 is 11.7 Å². The van der Waals surface area contributed by atoms with Crippen molar-refractivity contribution in [1.82, 2.24) is 0 Å². The van der Waals surface area contributed by atoms with Gasteiger partial charge in [-0.15, -0.1) is 0 Å². The molecule has 35 heavy (non-hydrogen) atoms. The number of nitrogens with zero attached hydrogens (tertiary/aromatic N) is 1. The van der Waals surface area contributed by atoms with E-state index in [1.807, 2.05) is 18.2 Å². The molecule has 2 saturated carbocycles. The van der Waals surface area contributed by atoms with Crippen molar-refractivity contribution in [2.45, 2.75) is 102 Å². The maximum Gasteiger partial charge on any atom is 0.306 e. The number of carbonyl (C=O) groups excluding carboxylic acids is 1. The van der Waals surface area contributed by atoms with E-state index < -0.39 is 6.29 Å². The molecule has 1 aliphatic heterocycles. The maximum atomic E-state index is 13.1. The minimum Gasteiger partial charge on any atom is -0.493 e. The topological polar surface area (TPSA) is 89.3 Å². The van der Waals surface area contributed by atoms with Gasteiger partial charge in [-0.3, -0.25) is 10.0 Å². The molecular weight excluding hydrogens is 450 g/mol. The third kappa shape index (κ3) is 6.40. The first-order valence-corrected chi connectivity index (χ1v) is 13.0. The third-order valence-electron chi connectivity index (χ3n) is 7.64. The molecule has 1 heterocycles. The van der Waals surface area contributed by atoms with Crippen LogP contribution in [-0.2, 0) is 19.1 Å². The Balaban J connectivity index is 1.59. The Labute approximate surface area is 208 Å². The van der Waals surface area contributed by atoms with Gasteiger partial charge in [0.05, 0.1) is 38.8 Å². The molecule has 8 nitrogen and oxygen atoms in total. The zero-order valence-electron chi connectivity index (χ0n) is 21.2. The lowest BCUT2D eigenvalue weighted by Crippen LogP contribution is -2.41. The predicted molar refractivity (Wildman–Crippen MR) is 130 cm³/mol. The van der Waals surface area contributed by atoms with Gasteiger partial charge in [0, 0.05) is 17.7 Å². The summed E-state index contributed by atoms with van der Waals surface area (Å²) in [5.74, 6) is 1.16. The van der Waals surface area contributed by atoms with Gasteiger partial charge in [-0.2, -0.15) is 0 Å². The largest absolute Gasteiger partial charge is 0.493 e. The monoisotopic (exact) mass is 489 g/mol. The lowest BCUT2D eigenvalue weighted by molar-refractivity contribution is -0.773. The molecule has 0 radical (unpaired) electrons. The van der Waals surface area contributed by atoms with Crippen molar-refractivity contribution < 1.29 is 33.5 Å². The molecule has 3 aliphatic rings. The molecule has 0 amide bonds. The van der Waals surface area contributed by atoms with Crippen LogP contribution in [0, 0.1) is 11.1 Å². The number of hydrogen-bond donors (Lipinski definition) is 0. The second kappa shape index (κ2) is 12.0. The Bertz CT molecular complexity index is 896. The summed E-state index contributed by atoms with van der Waals surface area (Å²) in [7, 11) is 2.98. The number of ether oxygens (including phenoxy) is 4. The van der Waals surface area contributed by atoms with Crippen LogP contribution in [0.2, 0.25) is 0 Å². The minimum atomic E-state index is -0.647. The van der Waals surface area contributed by atoms with E-state index in [4.69, 9.17) is 23.8 Å². The first-order chi connectivity index (χ1) is 17.0. The molecule has 0 saturated heterocycles. The standard InChI is InChI=1S/C27H39NO7/c1-18-8-4-7-11-23(18)34-27-17-21(22(28(30)35-27)13-15-26(29)32-3)19-12-14-24(31-2)25(16-19)33-20-9-5-6-10-20/h12,14,16,18,20-21,23,27H,4-11,13,15,17H2,1-3H3/t18-,21-,23-,27-/m0/s1. The summed E-state index contributed by atoms with van der Waals surface area (Å²) in [6, 6.07) is 5.82. The number of rotatable bonds is 9. The highest BCUT2D eigenvalue weighted by Gasteiger charge is 2.38. The van der Waals surface area contributed by atoms with E-state index in [9.17, 15) is 10.0 Å². The molecule has 0 bridgehead atoms. The molecule has 0 spiro atoms. The number of carbonyl (C=O) groups is 1. The molecule has 2 aliphatic carbocycles. The first-order valence-electron chi connectivity index (χ1n) is 13.0. The van der Waals surface area contributed by atoms with Crippen LogP contribution in [0.25, 0.3) is 0 Å². The van der Waals surface area contributed by atoms with E-state index in [-0.39, 0.29) is 36.9 Å². The Morgan fingerprint density at radius 1 is 1.09 bits per heavy atom. The van der Waals surface area contributed by atoms with Crippen LogP contribution in [-0.4, -0.2) is 49.3 Å². The number of methoxy groups -OCH3 is 2. The van der Waals surface area contributed by atoms with Gasteiger partial charge in [0.25, 0.3) is 0 Å². The lowest BCUT2D eigenvalue weighted by atomic mass is 9.86. The SMILES string of the molecule is COC(=O)CCC1=[N+]([O-])O[C@H](O[C@H]2CCCC[C@@H]2C)C[C@H]1c1ccc(OC)c(OC2CCCC2)c1. The molecule has 0 aromatic heterocycles. The van der Waals surface area contributed by atoms with Crippen molar-refractivity contribution in [1.29, 1.82) is 0 Å². The smallest absolute Gasteiger partial charge is 0.306 e. The van der Waals surface area contributed by atoms with Crippen LogP contribution in [0.1, 0.15) is 89.0 Å². The van der Waals surface area contributed by atoms with E-state index in [0.717, 1.165) is 37.7 Å². The summed E-state index contributed by atoms with van der Waals surface area (Å²) in [4.78, 5) is 18.1. The van der Waals surface area contributed by atoms with E-state index in [1.54, 1.807) is 7.11 Å². The highest BCUT2D eigenvalue weighted by molar-refractivity contribution is 5.89. The van der Waals surface area contributed by atoms with Crippen molar-refractivity contribution in [3.8, 4) is 11.5 Å². The highest BCUT2D eigenvalue weighted by atomic mass is 16.9. The Kier molecular flexibility index (Phi) is 8.76. The van der Waals surface area contributed by atoms with Crippen LogP contribution in [0.15, 0.2) is 18.2 Å². The normalized spacial score (nSPS) is 27.4. The van der Waals surface area contributed by atoms with Gasteiger partial charge >= 0.3 is 5.97 Å². The fourth-order valence-corrected chi connectivity index (χ4v) is 5.55. The van der Waals surface area contributed by atoms with Gasteiger partial charge in [0.1, 0.15) is 0 Å². The van der Waals surface area contributed by atoms with Crippen LogP contribution < -0.4 is 9.47 Å². The highest BCUT2D eigenvalue weighted by Crippen LogP contribution is 2.38. The third-order valence-corrected chi connectivity index (χ3v) is 7.64. The second-order valence-corrected chi connectivity index (χ2v) is 10.0. The molecule has 4 atom stereocenters. The molecule has 4 rings (SSSR count). The van der Waals surface area contributed by atoms with Crippen molar-refractivity contribution in [2.75, 3.05) is 14.2 Å². The van der Waals surface area contributed by atoms with E-state index in [0.29, 0.717) is 34.5 Å². The molecule has 0 unspecified atom stereocenters. The number of hydrogen-bond acceptors (Lipinski definition) is 7. The number of benzene rings is 1. The summed E-state index contributed by atoms with van der Waals surface area (Å²) in [5, 5.41) is 13.1. The van der Waals surface area contributed by atoms with E-state index in [2.05, 4.69) is 6.92 Å². The van der Waals surface area contributed by atoms with Crippen LogP contribution >= 0.6 is 0 Å². The van der Waals surface area contributed by atoms with Gasteiger partial charge in [0.15, 0.2) is 17.8 Å². The van der Waals surface area contributed by atoms with Gasteiger partial charge < -0.3 is 23.8 Å². The molecule has 194 valence electrons. The van der Waals surface area contributed by atoms with Crippen molar-refractivity contribution in [2.24, 2.45) is 5.92 Å². The van der Waals surface area contributed by atoms with Crippen molar-refractivity contribution in [3.63, 3.8) is 0 Å². The molecule has 2 fully saturated rings. The number of esters is 1. The average Bonchev–Trinajstić information content (AvgIpc) is 3.37. The van der Waals surface area contributed by atoms with Crippen LogP contribution in [0.4, 0.5) is 0 Å². The summed E-state index contributed by atoms with van der Waals surface area (Å²) < 4.78 is 23.0. The van der Waals surface area contributed by atoms with Gasteiger partial charge in [0.2, 0.25) is 5.71 Å². The van der Waals surface area contributed by atoms with Gasteiger partial charge in [-0.1, -0.05) is 25.8 Å². The van der Waals surface area contributed by atoms with E-state index in [1.165, 1.54) is 26.4 Å². The molecule has 0 N–H and O–H groups in total. The van der Waals surface area contributed by atoms with Gasteiger partial charge in [-0.05, 0) is 62.1 Å². The first kappa shape index (κ1) is 25.6. The maximum absolute atomic E-state index is 13.1. The average molecular weight is 490 g/mol. The molecule has 1 aromatic rings. The molecular formula is C27H39NO7. The predicted octanol–water partition coefficient (Wildman–Crippen LogP) is 5.26. The lowest BCUT2D eigenvalue weighted by Gasteiger charge is -2.36. The zero-order chi connectivity index (χ0) is 24.8.